The van der Waals surface area contributed by atoms with Crippen LogP contribution >= 0.6 is 11.3 Å². The SMILES string of the molecule is CN=C(NCCCCCCCN(C)C)NCC(C)(C)c1cccs1. The van der Waals surface area contributed by atoms with Crippen molar-refractivity contribution in [1.29, 1.82) is 0 Å². The molecule has 0 fully saturated rings. The number of thiophene rings is 1. The fourth-order valence-corrected chi connectivity index (χ4v) is 3.42. The summed E-state index contributed by atoms with van der Waals surface area (Å²) in [5, 5.41) is 9.03. The second-order valence-corrected chi connectivity index (χ2v) is 8.23. The quantitative estimate of drug-likeness (QED) is 0.362. The summed E-state index contributed by atoms with van der Waals surface area (Å²) in [6.07, 6.45) is 6.46. The number of unbranched alkanes of at least 4 members (excludes halogenated alkanes) is 4. The second-order valence-electron chi connectivity index (χ2n) is 7.28. The highest BCUT2D eigenvalue weighted by Crippen LogP contribution is 2.26. The molecule has 1 heterocycles. The lowest BCUT2D eigenvalue weighted by molar-refractivity contribution is 0.389. The maximum atomic E-state index is 4.33. The van der Waals surface area contributed by atoms with Crippen molar-refractivity contribution in [1.82, 2.24) is 15.5 Å². The molecule has 0 atom stereocenters. The molecule has 0 unspecified atom stereocenters. The third-order valence-electron chi connectivity index (χ3n) is 4.18. The van der Waals surface area contributed by atoms with Crippen molar-refractivity contribution in [2.45, 2.75) is 51.4 Å². The molecule has 0 amide bonds. The van der Waals surface area contributed by atoms with Crippen LogP contribution in [0.3, 0.4) is 0 Å². The van der Waals surface area contributed by atoms with E-state index in [2.05, 4.69) is 66.0 Å². The Bertz CT molecular complexity index is 452. The topological polar surface area (TPSA) is 39.7 Å². The molecule has 0 aromatic carbocycles. The van der Waals surface area contributed by atoms with Gasteiger partial charge >= 0.3 is 0 Å². The normalized spacial score (nSPS) is 12.7. The molecule has 0 aliphatic heterocycles. The Kier molecular flexibility index (Phi) is 10.0. The second kappa shape index (κ2) is 11.5. The van der Waals surface area contributed by atoms with Crippen LogP contribution in [0.1, 0.15) is 50.8 Å². The van der Waals surface area contributed by atoms with Crippen LogP contribution in [0.25, 0.3) is 0 Å². The van der Waals surface area contributed by atoms with Crippen molar-refractivity contribution in [2.24, 2.45) is 4.99 Å². The number of hydrogen-bond donors (Lipinski definition) is 2. The smallest absolute Gasteiger partial charge is 0.191 e. The molecule has 1 rings (SSSR count). The fourth-order valence-electron chi connectivity index (χ4n) is 2.57. The van der Waals surface area contributed by atoms with Gasteiger partial charge in [0.1, 0.15) is 0 Å². The Morgan fingerprint density at radius 1 is 1.12 bits per heavy atom. The van der Waals surface area contributed by atoms with Crippen LogP contribution in [0.15, 0.2) is 22.5 Å². The third-order valence-corrected chi connectivity index (χ3v) is 5.42. The highest BCUT2D eigenvalue weighted by atomic mass is 32.1. The van der Waals surface area contributed by atoms with Gasteiger partial charge in [-0.25, -0.2) is 0 Å². The van der Waals surface area contributed by atoms with Crippen LogP contribution < -0.4 is 10.6 Å². The summed E-state index contributed by atoms with van der Waals surface area (Å²) in [5.41, 5.74) is 0.123. The number of guanidine groups is 1. The molecular weight excluding hydrogens is 316 g/mol. The monoisotopic (exact) mass is 352 g/mol. The number of aliphatic imine (C=N–C) groups is 1. The molecule has 0 bridgehead atoms. The summed E-state index contributed by atoms with van der Waals surface area (Å²) in [6, 6.07) is 4.33. The zero-order valence-electron chi connectivity index (χ0n) is 16.2. The Morgan fingerprint density at radius 3 is 2.46 bits per heavy atom. The summed E-state index contributed by atoms with van der Waals surface area (Å²) >= 11 is 1.82. The van der Waals surface area contributed by atoms with Crippen molar-refractivity contribution < 1.29 is 0 Å². The van der Waals surface area contributed by atoms with E-state index < -0.39 is 0 Å². The molecule has 0 saturated heterocycles. The molecule has 1 aromatic rings. The first-order valence-corrected chi connectivity index (χ1v) is 9.97. The molecule has 0 aliphatic rings. The molecular formula is C19H36N4S. The Hall–Kier alpha value is -1.07. The van der Waals surface area contributed by atoms with E-state index in [1.807, 2.05) is 18.4 Å². The first kappa shape index (κ1) is 21.0. The average molecular weight is 353 g/mol. The lowest BCUT2D eigenvalue weighted by Gasteiger charge is -2.25. The van der Waals surface area contributed by atoms with Crippen molar-refractivity contribution in [2.75, 3.05) is 40.8 Å². The van der Waals surface area contributed by atoms with Gasteiger partial charge in [-0.1, -0.05) is 39.2 Å². The molecule has 1 aromatic heterocycles. The molecule has 4 nitrogen and oxygen atoms in total. The van der Waals surface area contributed by atoms with E-state index >= 15 is 0 Å². The van der Waals surface area contributed by atoms with Crippen LogP contribution in [0.5, 0.6) is 0 Å². The zero-order chi connectivity index (χ0) is 17.8. The lowest BCUT2D eigenvalue weighted by atomic mass is 9.91. The van der Waals surface area contributed by atoms with Crippen LogP contribution in [0.2, 0.25) is 0 Å². The molecule has 24 heavy (non-hydrogen) atoms. The van der Waals surface area contributed by atoms with Crippen molar-refractivity contribution in [3.05, 3.63) is 22.4 Å². The van der Waals surface area contributed by atoms with Gasteiger partial charge in [-0.3, -0.25) is 4.99 Å². The van der Waals surface area contributed by atoms with Gasteiger partial charge in [0.05, 0.1) is 0 Å². The fraction of sp³-hybridized carbons (Fsp3) is 0.737. The standard InChI is InChI=1S/C19H36N4S/c1-19(2,17-12-11-15-24-17)16-22-18(20-3)21-13-9-7-6-8-10-14-23(4)5/h11-12,15H,6-10,13-14,16H2,1-5H3,(H2,20,21,22). The van der Waals surface area contributed by atoms with E-state index in [1.54, 1.807) is 0 Å². The first-order chi connectivity index (χ1) is 11.5. The van der Waals surface area contributed by atoms with Crippen molar-refractivity contribution in [3.8, 4) is 0 Å². The van der Waals surface area contributed by atoms with Crippen LogP contribution in [-0.2, 0) is 5.41 Å². The van der Waals surface area contributed by atoms with E-state index in [9.17, 15) is 0 Å². The highest BCUT2D eigenvalue weighted by Gasteiger charge is 2.21. The summed E-state index contributed by atoms with van der Waals surface area (Å²) in [4.78, 5) is 8.00. The Morgan fingerprint density at radius 2 is 1.83 bits per heavy atom. The van der Waals surface area contributed by atoms with Gasteiger partial charge in [0.25, 0.3) is 0 Å². The largest absolute Gasteiger partial charge is 0.356 e. The molecule has 0 radical (unpaired) electrons. The minimum Gasteiger partial charge on any atom is -0.356 e. The minimum absolute atomic E-state index is 0.123. The third kappa shape index (κ3) is 8.69. The lowest BCUT2D eigenvalue weighted by Crippen LogP contribution is -2.43. The number of hydrogen-bond acceptors (Lipinski definition) is 3. The number of nitrogens with zero attached hydrogens (tertiary/aromatic N) is 2. The predicted molar refractivity (Wildman–Crippen MR) is 108 cm³/mol. The van der Waals surface area contributed by atoms with Crippen LogP contribution in [-0.4, -0.2) is 51.6 Å². The summed E-state index contributed by atoms with van der Waals surface area (Å²) < 4.78 is 0. The van der Waals surface area contributed by atoms with E-state index in [0.29, 0.717) is 0 Å². The Balaban J connectivity index is 2.13. The van der Waals surface area contributed by atoms with Gasteiger partial charge in [0, 0.05) is 30.4 Å². The highest BCUT2D eigenvalue weighted by molar-refractivity contribution is 7.10. The Labute approximate surface area is 152 Å². The average Bonchev–Trinajstić information content (AvgIpc) is 3.07. The van der Waals surface area contributed by atoms with E-state index in [4.69, 9.17) is 0 Å². The predicted octanol–water partition coefficient (Wildman–Crippen LogP) is 3.70. The van der Waals surface area contributed by atoms with Crippen LogP contribution in [0, 0.1) is 0 Å². The maximum absolute atomic E-state index is 4.33. The van der Waals surface area contributed by atoms with Crippen molar-refractivity contribution in [3.63, 3.8) is 0 Å². The summed E-state index contributed by atoms with van der Waals surface area (Å²) in [6.45, 7) is 7.62. The summed E-state index contributed by atoms with van der Waals surface area (Å²) in [7, 11) is 6.12. The molecule has 0 aliphatic carbocycles. The van der Waals surface area contributed by atoms with Gasteiger partial charge in [-0.05, 0) is 44.9 Å². The molecule has 138 valence electrons. The number of rotatable bonds is 11. The van der Waals surface area contributed by atoms with Gasteiger partial charge in [0.15, 0.2) is 5.96 Å². The number of nitrogens with one attached hydrogen (secondary N) is 2. The van der Waals surface area contributed by atoms with Gasteiger partial charge in [-0.15, -0.1) is 11.3 Å². The van der Waals surface area contributed by atoms with E-state index in [1.165, 1.54) is 43.5 Å². The minimum atomic E-state index is 0.123. The molecule has 2 N–H and O–H groups in total. The van der Waals surface area contributed by atoms with Crippen LogP contribution in [0.4, 0.5) is 0 Å². The van der Waals surface area contributed by atoms with Gasteiger partial charge in [-0.2, -0.15) is 0 Å². The van der Waals surface area contributed by atoms with E-state index in [-0.39, 0.29) is 5.41 Å². The van der Waals surface area contributed by atoms with Crippen molar-refractivity contribution >= 4 is 17.3 Å². The van der Waals surface area contributed by atoms with E-state index in [0.717, 1.165) is 19.0 Å². The molecule has 0 saturated carbocycles. The zero-order valence-corrected chi connectivity index (χ0v) is 17.0. The van der Waals surface area contributed by atoms with Gasteiger partial charge < -0.3 is 15.5 Å². The summed E-state index contributed by atoms with van der Waals surface area (Å²) in [5.74, 6) is 0.909. The van der Waals surface area contributed by atoms with Gasteiger partial charge in [0.2, 0.25) is 0 Å². The first-order valence-electron chi connectivity index (χ1n) is 9.09. The molecule has 5 heteroatoms. The maximum Gasteiger partial charge on any atom is 0.191 e. The molecule has 0 spiro atoms.